The van der Waals surface area contributed by atoms with Crippen molar-refractivity contribution in [2.75, 3.05) is 6.61 Å². The molecular formula is C18H28Cl2N4O2. The zero-order chi connectivity index (χ0) is 17.5. The monoisotopic (exact) mass is 402 g/mol. The maximum atomic E-state index is 12.8. The fraction of sp³-hybridized carbons (Fsp3) is 0.556. The minimum atomic E-state index is -0.923. The van der Waals surface area contributed by atoms with Crippen LogP contribution in [0.15, 0.2) is 24.3 Å². The SMILES string of the molecule is CCOC1CC(N)(C(=O)NC(C)c2nc3ccccc3[nH]2)C1(C)C.Cl.Cl. The van der Waals surface area contributed by atoms with E-state index in [0.717, 1.165) is 16.9 Å². The van der Waals surface area contributed by atoms with Crippen molar-refractivity contribution in [2.45, 2.75) is 51.8 Å². The number of nitrogens with zero attached hydrogens (tertiary/aromatic N) is 1. The number of H-pyrrole nitrogens is 1. The summed E-state index contributed by atoms with van der Waals surface area (Å²) in [6.07, 6.45) is 0.548. The van der Waals surface area contributed by atoms with Gasteiger partial charge in [0.1, 0.15) is 11.4 Å². The molecule has 1 saturated carbocycles. The number of hydrogen-bond donors (Lipinski definition) is 3. The van der Waals surface area contributed by atoms with Gasteiger partial charge in [-0.15, -0.1) is 24.8 Å². The van der Waals surface area contributed by atoms with Crippen molar-refractivity contribution in [1.29, 1.82) is 0 Å². The van der Waals surface area contributed by atoms with E-state index in [2.05, 4.69) is 15.3 Å². The van der Waals surface area contributed by atoms with Crippen LogP contribution in [0.5, 0.6) is 0 Å². The van der Waals surface area contributed by atoms with E-state index in [0.29, 0.717) is 13.0 Å². The van der Waals surface area contributed by atoms with E-state index >= 15 is 0 Å². The number of halogens is 2. The Balaban J connectivity index is 0.00000169. The van der Waals surface area contributed by atoms with Gasteiger partial charge in [0.2, 0.25) is 5.91 Å². The fourth-order valence-corrected chi connectivity index (χ4v) is 3.39. The maximum Gasteiger partial charge on any atom is 0.241 e. The Morgan fingerprint density at radius 2 is 2.08 bits per heavy atom. The summed E-state index contributed by atoms with van der Waals surface area (Å²) in [5, 5.41) is 3.00. The zero-order valence-electron chi connectivity index (χ0n) is 15.5. The van der Waals surface area contributed by atoms with Crippen molar-refractivity contribution < 1.29 is 9.53 Å². The molecule has 1 aromatic carbocycles. The number of benzene rings is 1. The minimum absolute atomic E-state index is 0. The highest BCUT2D eigenvalue weighted by atomic mass is 35.5. The van der Waals surface area contributed by atoms with Gasteiger partial charge in [0.25, 0.3) is 0 Å². The first-order valence-corrected chi connectivity index (χ1v) is 8.45. The van der Waals surface area contributed by atoms with Gasteiger partial charge in [0, 0.05) is 18.4 Å². The van der Waals surface area contributed by atoms with Crippen LogP contribution >= 0.6 is 24.8 Å². The number of rotatable bonds is 5. The van der Waals surface area contributed by atoms with Crippen LogP contribution < -0.4 is 11.1 Å². The van der Waals surface area contributed by atoms with Crippen molar-refractivity contribution in [3.63, 3.8) is 0 Å². The minimum Gasteiger partial charge on any atom is -0.378 e. The summed E-state index contributed by atoms with van der Waals surface area (Å²) in [4.78, 5) is 20.6. The van der Waals surface area contributed by atoms with Gasteiger partial charge in [-0.1, -0.05) is 26.0 Å². The van der Waals surface area contributed by atoms with Crippen LogP contribution in [0.1, 0.15) is 46.0 Å². The van der Waals surface area contributed by atoms with Crippen LogP contribution in [0.2, 0.25) is 0 Å². The van der Waals surface area contributed by atoms with Crippen LogP contribution in [0.3, 0.4) is 0 Å². The molecule has 0 aliphatic heterocycles. The number of hydrogen-bond acceptors (Lipinski definition) is 4. The largest absolute Gasteiger partial charge is 0.378 e. The highest BCUT2D eigenvalue weighted by molar-refractivity contribution is 5.89. The summed E-state index contributed by atoms with van der Waals surface area (Å²) in [5.74, 6) is 0.572. The summed E-state index contributed by atoms with van der Waals surface area (Å²) >= 11 is 0. The molecule has 1 aromatic heterocycles. The standard InChI is InChI=1S/C18H26N4O2.2ClH/c1-5-24-14-10-18(19,17(14,3)4)16(23)20-11(2)15-21-12-8-6-7-9-13(12)22-15;;/h6-9,11,14H,5,10,19H2,1-4H3,(H,20,23)(H,21,22);2*1H. The Morgan fingerprint density at radius 3 is 2.65 bits per heavy atom. The first-order chi connectivity index (χ1) is 11.3. The van der Waals surface area contributed by atoms with Crippen molar-refractivity contribution in [3.05, 3.63) is 30.1 Å². The summed E-state index contributed by atoms with van der Waals surface area (Å²) in [6, 6.07) is 7.55. The molecule has 0 bridgehead atoms. The van der Waals surface area contributed by atoms with Gasteiger partial charge in [0.05, 0.1) is 23.2 Å². The van der Waals surface area contributed by atoms with E-state index in [1.165, 1.54) is 0 Å². The molecule has 1 aliphatic carbocycles. The number of fused-ring (bicyclic) bond motifs is 1. The second kappa shape index (κ2) is 8.13. The predicted molar refractivity (Wildman–Crippen MR) is 108 cm³/mol. The van der Waals surface area contributed by atoms with E-state index in [4.69, 9.17) is 10.5 Å². The molecule has 0 saturated heterocycles. The number of carbonyl (C=O) groups excluding carboxylic acids is 1. The highest BCUT2D eigenvalue weighted by Crippen LogP contribution is 2.50. The molecular weight excluding hydrogens is 375 g/mol. The molecule has 3 atom stereocenters. The lowest BCUT2D eigenvalue weighted by Crippen LogP contribution is -2.75. The van der Waals surface area contributed by atoms with E-state index in [-0.39, 0.29) is 42.9 Å². The van der Waals surface area contributed by atoms with Crippen LogP contribution in [0.25, 0.3) is 11.0 Å². The number of carbonyl (C=O) groups is 1. The van der Waals surface area contributed by atoms with Gasteiger partial charge in [-0.05, 0) is 26.0 Å². The zero-order valence-corrected chi connectivity index (χ0v) is 17.2. The first kappa shape index (κ1) is 22.7. The van der Waals surface area contributed by atoms with Gasteiger partial charge in [-0.3, -0.25) is 4.79 Å². The molecule has 6 nitrogen and oxygen atoms in total. The van der Waals surface area contributed by atoms with Gasteiger partial charge in [-0.2, -0.15) is 0 Å². The molecule has 3 unspecified atom stereocenters. The first-order valence-electron chi connectivity index (χ1n) is 8.45. The third kappa shape index (κ3) is 3.56. The molecule has 1 heterocycles. The molecule has 146 valence electrons. The molecule has 26 heavy (non-hydrogen) atoms. The Labute approximate surface area is 166 Å². The van der Waals surface area contributed by atoms with Gasteiger partial charge in [0.15, 0.2) is 0 Å². The van der Waals surface area contributed by atoms with E-state index < -0.39 is 11.0 Å². The molecule has 8 heteroatoms. The Morgan fingerprint density at radius 1 is 1.42 bits per heavy atom. The number of nitrogens with two attached hydrogens (primary N) is 1. The summed E-state index contributed by atoms with van der Waals surface area (Å²) in [5.41, 5.74) is 6.94. The lowest BCUT2D eigenvalue weighted by molar-refractivity contribution is -0.171. The van der Waals surface area contributed by atoms with Crippen molar-refractivity contribution in [2.24, 2.45) is 11.1 Å². The summed E-state index contributed by atoms with van der Waals surface area (Å²) in [7, 11) is 0. The number of para-hydroxylation sites is 2. The lowest BCUT2D eigenvalue weighted by Gasteiger charge is -2.57. The lowest BCUT2D eigenvalue weighted by atomic mass is 9.54. The molecule has 1 aliphatic rings. The van der Waals surface area contributed by atoms with Gasteiger partial charge < -0.3 is 20.8 Å². The van der Waals surface area contributed by atoms with Gasteiger partial charge >= 0.3 is 0 Å². The average Bonchev–Trinajstić information content (AvgIpc) is 2.98. The Hall–Kier alpha value is -1.34. The quantitative estimate of drug-likeness (QED) is 0.715. The van der Waals surface area contributed by atoms with Crippen LogP contribution in [-0.2, 0) is 9.53 Å². The van der Waals surface area contributed by atoms with Crippen LogP contribution in [-0.4, -0.2) is 34.1 Å². The summed E-state index contributed by atoms with van der Waals surface area (Å²) < 4.78 is 5.69. The molecule has 1 amide bonds. The Bertz CT molecular complexity index is 731. The highest BCUT2D eigenvalue weighted by Gasteiger charge is 2.63. The number of nitrogens with one attached hydrogen (secondary N) is 2. The average molecular weight is 403 g/mol. The second-order valence-corrected chi connectivity index (χ2v) is 7.18. The van der Waals surface area contributed by atoms with Crippen LogP contribution in [0, 0.1) is 5.41 Å². The fourth-order valence-electron chi connectivity index (χ4n) is 3.39. The normalized spacial score (nSPS) is 24.7. The molecule has 0 radical (unpaired) electrons. The summed E-state index contributed by atoms with van der Waals surface area (Å²) in [6.45, 7) is 8.46. The molecule has 1 fully saturated rings. The third-order valence-corrected chi connectivity index (χ3v) is 5.40. The van der Waals surface area contributed by atoms with Crippen molar-refractivity contribution in [3.8, 4) is 0 Å². The van der Waals surface area contributed by atoms with Crippen molar-refractivity contribution in [1.82, 2.24) is 15.3 Å². The molecule has 4 N–H and O–H groups in total. The number of amides is 1. The Kier molecular flexibility index (Phi) is 7.10. The molecule has 0 spiro atoms. The van der Waals surface area contributed by atoms with Gasteiger partial charge in [-0.25, -0.2) is 4.98 Å². The third-order valence-electron chi connectivity index (χ3n) is 5.40. The predicted octanol–water partition coefficient (Wildman–Crippen LogP) is 3.12. The number of aromatic nitrogens is 2. The molecule has 3 rings (SSSR count). The van der Waals surface area contributed by atoms with Crippen LogP contribution in [0.4, 0.5) is 0 Å². The number of ether oxygens (including phenoxy) is 1. The van der Waals surface area contributed by atoms with E-state index in [1.807, 2.05) is 52.0 Å². The molecule has 2 aromatic rings. The second-order valence-electron chi connectivity index (χ2n) is 7.18. The topological polar surface area (TPSA) is 93.0 Å². The van der Waals surface area contributed by atoms with E-state index in [9.17, 15) is 4.79 Å². The number of aromatic amines is 1. The van der Waals surface area contributed by atoms with E-state index in [1.54, 1.807) is 0 Å². The maximum absolute atomic E-state index is 12.8. The smallest absolute Gasteiger partial charge is 0.241 e. The van der Waals surface area contributed by atoms with Crippen molar-refractivity contribution >= 4 is 41.8 Å². The number of imidazole rings is 1.